The molecule has 1 saturated carbocycles. The van der Waals surface area contributed by atoms with Gasteiger partial charge < -0.3 is 10.4 Å². The molecular weight excluding hydrogens is 266 g/mol. The zero-order valence-electron chi connectivity index (χ0n) is 10.8. The lowest BCUT2D eigenvalue weighted by atomic mass is 10.2. The van der Waals surface area contributed by atoms with Crippen LogP contribution in [-0.4, -0.2) is 38.7 Å². The van der Waals surface area contributed by atoms with E-state index >= 15 is 0 Å². The first kappa shape index (κ1) is 13.8. The van der Waals surface area contributed by atoms with Gasteiger partial charge in [-0.1, -0.05) is 11.8 Å². The summed E-state index contributed by atoms with van der Waals surface area (Å²) in [4.78, 5) is 30.9. The third kappa shape index (κ3) is 3.66. The highest BCUT2D eigenvalue weighted by Crippen LogP contribution is 2.23. The van der Waals surface area contributed by atoms with Gasteiger partial charge in [0, 0.05) is 6.04 Å². The first-order valence-electron chi connectivity index (χ1n) is 5.98. The topological polar surface area (TPSA) is 92.2 Å². The number of nitrogens with zero attached hydrogens (tertiary/aromatic N) is 2. The van der Waals surface area contributed by atoms with Gasteiger partial charge in [0.15, 0.2) is 0 Å². The Morgan fingerprint density at radius 3 is 2.63 bits per heavy atom. The number of rotatable bonds is 5. The van der Waals surface area contributed by atoms with Gasteiger partial charge in [0.2, 0.25) is 5.91 Å². The Morgan fingerprint density at radius 2 is 2.05 bits per heavy atom. The third-order valence-corrected chi connectivity index (χ3v) is 3.64. The van der Waals surface area contributed by atoms with E-state index in [1.54, 1.807) is 13.8 Å². The van der Waals surface area contributed by atoms with Crippen LogP contribution in [0.4, 0.5) is 0 Å². The van der Waals surface area contributed by atoms with Gasteiger partial charge >= 0.3 is 5.97 Å². The summed E-state index contributed by atoms with van der Waals surface area (Å²) >= 11 is 1.14. The molecule has 1 aliphatic rings. The van der Waals surface area contributed by atoms with E-state index in [1.165, 1.54) is 0 Å². The summed E-state index contributed by atoms with van der Waals surface area (Å²) in [5.74, 6) is -0.472. The summed E-state index contributed by atoms with van der Waals surface area (Å²) in [5, 5.41) is 12.4. The third-order valence-electron chi connectivity index (χ3n) is 2.66. The van der Waals surface area contributed by atoms with E-state index < -0.39 is 5.97 Å². The molecule has 0 spiro atoms. The Morgan fingerprint density at radius 1 is 1.37 bits per heavy atom. The molecule has 0 atom stereocenters. The zero-order chi connectivity index (χ0) is 14.0. The number of aromatic carboxylic acids is 1. The molecule has 0 aliphatic heterocycles. The van der Waals surface area contributed by atoms with Gasteiger partial charge in [-0.3, -0.25) is 4.79 Å². The minimum absolute atomic E-state index is 0.0785. The van der Waals surface area contributed by atoms with E-state index in [4.69, 9.17) is 5.11 Å². The standard InChI is InChI=1S/C12H15N3O3S/c1-6-10(12(17)18)11(14-7(2)13-6)19-5-9(16)15-8-3-4-8/h8H,3-5H2,1-2H3,(H,15,16)(H,17,18). The van der Waals surface area contributed by atoms with Crippen molar-refractivity contribution >= 4 is 23.6 Å². The summed E-state index contributed by atoms with van der Waals surface area (Å²) < 4.78 is 0. The van der Waals surface area contributed by atoms with Gasteiger partial charge in [-0.2, -0.15) is 0 Å². The second kappa shape index (κ2) is 5.56. The van der Waals surface area contributed by atoms with E-state index in [1.807, 2.05) is 0 Å². The Kier molecular flexibility index (Phi) is 4.04. The number of thioether (sulfide) groups is 1. The van der Waals surface area contributed by atoms with Gasteiger partial charge in [-0.25, -0.2) is 14.8 Å². The van der Waals surface area contributed by atoms with Gasteiger partial charge in [0.25, 0.3) is 0 Å². The lowest BCUT2D eigenvalue weighted by Crippen LogP contribution is -2.27. The molecule has 1 fully saturated rings. The fraction of sp³-hybridized carbons (Fsp3) is 0.500. The van der Waals surface area contributed by atoms with E-state index in [2.05, 4.69) is 15.3 Å². The largest absolute Gasteiger partial charge is 0.478 e. The molecular formula is C12H15N3O3S. The van der Waals surface area contributed by atoms with Gasteiger partial charge in [-0.05, 0) is 26.7 Å². The van der Waals surface area contributed by atoms with E-state index in [-0.39, 0.29) is 17.2 Å². The highest BCUT2D eigenvalue weighted by molar-refractivity contribution is 8.00. The second-order valence-corrected chi connectivity index (χ2v) is 5.44. The Labute approximate surface area is 115 Å². The van der Waals surface area contributed by atoms with Crippen LogP contribution < -0.4 is 5.32 Å². The zero-order valence-corrected chi connectivity index (χ0v) is 11.6. The van der Waals surface area contributed by atoms with Crippen molar-refractivity contribution in [2.75, 3.05) is 5.75 Å². The van der Waals surface area contributed by atoms with E-state index in [9.17, 15) is 9.59 Å². The first-order chi connectivity index (χ1) is 8.97. The number of nitrogens with one attached hydrogen (secondary N) is 1. The SMILES string of the molecule is Cc1nc(C)c(C(=O)O)c(SCC(=O)NC2CC2)n1. The maximum absolute atomic E-state index is 11.6. The van der Waals surface area contributed by atoms with E-state index in [0.29, 0.717) is 22.6 Å². The summed E-state index contributed by atoms with van der Waals surface area (Å²) in [5.41, 5.74) is 0.500. The minimum atomic E-state index is -1.07. The summed E-state index contributed by atoms with van der Waals surface area (Å²) in [6.45, 7) is 3.33. The van der Waals surface area contributed by atoms with Crippen molar-refractivity contribution in [1.82, 2.24) is 15.3 Å². The molecule has 1 aliphatic carbocycles. The molecule has 0 bridgehead atoms. The van der Waals surface area contributed by atoms with Crippen LogP contribution in [0.2, 0.25) is 0 Å². The fourth-order valence-electron chi connectivity index (χ4n) is 1.66. The van der Waals surface area contributed by atoms with Crippen molar-refractivity contribution in [2.45, 2.75) is 37.8 Å². The highest BCUT2D eigenvalue weighted by atomic mass is 32.2. The van der Waals surface area contributed by atoms with Crippen LogP contribution in [0.3, 0.4) is 0 Å². The molecule has 1 amide bonds. The maximum atomic E-state index is 11.6. The van der Waals surface area contributed by atoms with Gasteiger partial charge in [0.1, 0.15) is 16.4 Å². The molecule has 2 N–H and O–H groups in total. The molecule has 102 valence electrons. The summed E-state index contributed by atoms with van der Waals surface area (Å²) in [7, 11) is 0. The average molecular weight is 281 g/mol. The van der Waals surface area contributed by atoms with Gasteiger partial charge in [-0.15, -0.1) is 0 Å². The maximum Gasteiger partial charge on any atom is 0.340 e. The Hall–Kier alpha value is -1.63. The number of aryl methyl sites for hydroxylation is 2. The van der Waals surface area contributed by atoms with E-state index in [0.717, 1.165) is 24.6 Å². The molecule has 0 radical (unpaired) electrons. The number of carboxylic acid groups (broad SMARTS) is 1. The van der Waals surface area contributed by atoms with Crippen LogP contribution in [0.25, 0.3) is 0 Å². The molecule has 1 heterocycles. The number of carbonyl (C=O) groups excluding carboxylic acids is 1. The van der Waals surface area contributed by atoms with Crippen LogP contribution in [0.15, 0.2) is 5.03 Å². The number of carbonyl (C=O) groups is 2. The Bertz CT molecular complexity index is 529. The van der Waals surface area contributed by atoms with Crippen LogP contribution in [0, 0.1) is 13.8 Å². The Balaban J connectivity index is 2.09. The molecule has 19 heavy (non-hydrogen) atoms. The first-order valence-corrected chi connectivity index (χ1v) is 6.96. The van der Waals surface area contributed by atoms with Crippen molar-refractivity contribution in [2.24, 2.45) is 0 Å². The molecule has 1 aromatic rings. The van der Waals surface area contributed by atoms with Crippen LogP contribution in [0.1, 0.15) is 34.7 Å². The molecule has 2 rings (SSSR count). The normalized spacial score (nSPS) is 14.2. The second-order valence-electron chi connectivity index (χ2n) is 4.47. The van der Waals surface area contributed by atoms with Crippen molar-refractivity contribution in [1.29, 1.82) is 0 Å². The number of amides is 1. The quantitative estimate of drug-likeness (QED) is 0.621. The summed E-state index contributed by atoms with van der Waals surface area (Å²) in [6.07, 6.45) is 2.06. The van der Waals surface area contributed by atoms with Crippen LogP contribution >= 0.6 is 11.8 Å². The molecule has 0 unspecified atom stereocenters. The smallest absolute Gasteiger partial charge is 0.340 e. The molecule has 0 saturated heterocycles. The predicted molar refractivity (Wildman–Crippen MR) is 70.4 cm³/mol. The van der Waals surface area contributed by atoms with Gasteiger partial charge in [0.05, 0.1) is 11.4 Å². The van der Waals surface area contributed by atoms with Crippen molar-refractivity contribution in [3.8, 4) is 0 Å². The summed E-state index contributed by atoms with van der Waals surface area (Å²) in [6, 6.07) is 0.306. The van der Waals surface area contributed by atoms with Crippen molar-refractivity contribution in [3.63, 3.8) is 0 Å². The number of carboxylic acids is 1. The number of aromatic nitrogens is 2. The van der Waals surface area contributed by atoms with Crippen molar-refractivity contribution < 1.29 is 14.7 Å². The monoisotopic (exact) mass is 281 g/mol. The lowest BCUT2D eigenvalue weighted by Gasteiger charge is -2.08. The van der Waals surface area contributed by atoms with Crippen LogP contribution in [-0.2, 0) is 4.79 Å². The molecule has 6 nitrogen and oxygen atoms in total. The van der Waals surface area contributed by atoms with Crippen LogP contribution in [0.5, 0.6) is 0 Å². The number of hydrogen-bond acceptors (Lipinski definition) is 5. The van der Waals surface area contributed by atoms with Crippen molar-refractivity contribution in [3.05, 3.63) is 17.1 Å². The molecule has 0 aromatic carbocycles. The predicted octanol–water partition coefficient (Wildman–Crippen LogP) is 1.16. The average Bonchev–Trinajstić information content (AvgIpc) is 3.08. The molecule has 7 heteroatoms. The molecule has 1 aromatic heterocycles. The highest BCUT2D eigenvalue weighted by Gasteiger charge is 2.24. The minimum Gasteiger partial charge on any atom is -0.478 e. The number of hydrogen-bond donors (Lipinski definition) is 2. The fourth-order valence-corrected chi connectivity index (χ4v) is 2.59. The lowest BCUT2D eigenvalue weighted by molar-refractivity contribution is -0.118.